The summed E-state index contributed by atoms with van der Waals surface area (Å²) in [6, 6.07) is 16.6. The Labute approximate surface area is 225 Å². The molecule has 0 aliphatic carbocycles. The molecule has 2 N–H and O–H groups in total. The Bertz CT molecular complexity index is 1040. The van der Waals surface area contributed by atoms with Crippen LogP contribution in [0, 0.1) is 0 Å². The first kappa shape index (κ1) is 28.2. The van der Waals surface area contributed by atoms with Crippen LogP contribution in [0.1, 0.15) is 41.5 Å². The molecule has 37 heavy (non-hydrogen) atoms. The number of ether oxygens (including phenoxy) is 2. The standard InChI is InChI=1S/C27H33N3O5S2/c1-2-34-27(33)29-24(14-6-7-15-28-26(32)35-20-21-10-4-3-5-11-21)25(31)30(18-22-12-8-16-36-22)19-23-13-9-17-37-23/h3-5,8-13,16-17,24H,2,6-7,14-15,18-20H2,1H3,(H,28,32)(H,29,33). The quantitative estimate of drug-likeness (QED) is 0.260. The molecule has 1 atom stereocenters. The van der Waals surface area contributed by atoms with Crippen molar-refractivity contribution in [1.29, 1.82) is 0 Å². The van der Waals surface area contributed by atoms with E-state index in [1.165, 1.54) is 0 Å². The average Bonchev–Trinajstić information content (AvgIpc) is 3.61. The molecule has 0 aliphatic rings. The number of alkyl carbamates (subject to hydrolysis) is 2. The van der Waals surface area contributed by atoms with Crippen LogP contribution in [0.2, 0.25) is 0 Å². The lowest BCUT2D eigenvalue weighted by Crippen LogP contribution is -2.48. The highest BCUT2D eigenvalue weighted by Gasteiger charge is 2.27. The van der Waals surface area contributed by atoms with Gasteiger partial charge in [-0.1, -0.05) is 42.5 Å². The lowest BCUT2D eigenvalue weighted by molar-refractivity contribution is -0.134. The SMILES string of the molecule is CCOC(=O)NC(CCCCNC(=O)OCc1ccccc1)C(=O)N(Cc1cccs1)Cc1cccs1. The van der Waals surface area contributed by atoms with Crippen molar-refractivity contribution in [3.05, 3.63) is 80.7 Å². The molecule has 3 amide bonds. The topological polar surface area (TPSA) is 97.0 Å². The Morgan fingerprint density at radius 3 is 2.14 bits per heavy atom. The van der Waals surface area contributed by atoms with E-state index >= 15 is 0 Å². The summed E-state index contributed by atoms with van der Waals surface area (Å²) >= 11 is 3.18. The van der Waals surface area contributed by atoms with Crippen LogP contribution in [0.3, 0.4) is 0 Å². The van der Waals surface area contributed by atoms with E-state index < -0.39 is 18.2 Å². The van der Waals surface area contributed by atoms with Crippen LogP contribution >= 0.6 is 22.7 Å². The van der Waals surface area contributed by atoms with Crippen LogP contribution < -0.4 is 10.6 Å². The molecule has 0 aliphatic heterocycles. The number of hydrogen-bond acceptors (Lipinski definition) is 7. The van der Waals surface area contributed by atoms with Crippen LogP contribution in [-0.4, -0.2) is 42.2 Å². The monoisotopic (exact) mass is 543 g/mol. The molecule has 2 heterocycles. The fourth-order valence-corrected chi connectivity index (χ4v) is 5.06. The van der Waals surface area contributed by atoms with E-state index in [-0.39, 0.29) is 19.1 Å². The first-order chi connectivity index (χ1) is 18.0. The predicted octanol–water partition coefficient (Wildman–Crippen LogP) is 5.55. The van der Waals surface area contributed by atoms with Crippen molar-refractivity contribution in [1.82, 2.24) is 15.5 Å². The smallest absolute Gasteiger partial charge is 0.407 e. The van der Waals surface area contributed by atoms with Gasteiger partial charge in [-0.3, -0.25) is 4.79 Å². The molecule has 2 aromatic heterocycles. The zero-order valence-corrected chi connectivity index (χ0v) is 22.5. The Morgan fingerprint density at radius 1 is 0.865 bits per heavy atom. The summed E-state index contributed by atoms with van der Waals surface area (Å²) in [6.45, 7) is 3.47. The van der Waals surface area contributed by atoms with Crippen LogP contribution in [0.4, 0.5) is 9.59 Å². The van der Waals surface area contributed by atoms with Gasteiger partial charge >= 0.3 is 12.2 Å². The number of nitrogens with one attached hydrogen (secondary N) is 2. The number of benzene rings is 1. The summed E-state index contributed by atoms with van der Waals surface area (Å²) in [4.78, 5) is 41.7. The van der Waals surface area contributed by atoms with Crippen molar-refractivity contribution in [3.8, 4) is 0 Å². The fraction of sp³-hybridized carbons (Fsp3) is 0.370. The van der Waals surface area contributed by atoms with Crippen molar-refractivity contribution in [2.75, 3.05) is 13.2 Å². The number of unbranched alkanes of at least 4 members (excludes halogenated alkanes) is 1. The third kappa shape index (κ3) is 10.3. The average molecular weight is 544 g/mol. The first-order valence-corrected chi connectivity index (χ1v) is 14.0. The minimum Gasteiger partial charge on any atom is -0.450 e. The maximum Gasteiger partial charge on any atom is 0.407 e. The van der Waals surface area contributed by atoms with Crippen molar-refractivity contribution >= 4 is 40.8 Å². The Kier molecular flexibility index (Phi) is 12.0. The number of nitrogens with zero attached hydrogens (tertiary/aromatic N) is 1. The number of hydrogen-bond donors (Lipinski definition) is 2. The van der Waals surface area contributed by atoms with Gasteiger partial charge in [0.25, 0.3) is 0 Å². The zero-order valence-electron chi connectivity index (χ0n) is 20.9. The van der Waals surface area contributed by atoms with Crippen LogP contribution in [-0.2, 0) is 34.0 Å². The van der Waals surface area contributed by atoms with Gasteiger partial charge in [0, 0.05) is 16.3 Å². The summed E-state index contributed by atoms with van der Waals surface area (Å²) in [5.74, 6) is -0.162. The second-order valence-electron chi connectivity index (χ2n) is 8.25. The normalized spacial score (nSPS) is 11.4. The van der Waals surface area contributed by atoms with Crippen LogP contribution in [0.15, 0.2) is 65.4 Å². The van der Waals surface area contributed by atoms with E-state index in [1.807, 2.05) is 65.4 Å². The van der Waals surface area contributed by atoms with Gasteiger partial charge in [-0.15, -0.1) is 22.7 Å². The highest BCUT2D eigenvalue weighted by molar-refractivity contribution is 7.10. The highest BCUT2D eigenvalue weighted by Crippen LogP contribution is 2.19. The number of rotatable bonds is 14. The Balaban J connectivity index is 1.52. The third-order valence-electron chi connectivity index (χ3n) is 5.43. The Hall–Kier alpha value is -3.37. The van der Waals surface area contributed by atoms with E-state index in [2.05, 4.69) is 10.6 Å². The summed E-state index contributed by atoms with van der Waals surface area (Å²) in [5, 5.41) is 9.43. The van der Waals surface area contributed by atoms with Gasteiger partial charge in [-0.25, -0.2) is 9.59 Å². The Morgan fingerprint density at radius 2 is 1.54 bits per heavy atom. The van der Waals surface area contributed by atoms with E-state index in [1.54, 1.807) is 34.5 Å². The maximum atomic E-state index is 13.6. The molecule has 10 heteroatoms. The molecule has 0 saturated heterocycles. The van der Waals surface area contributed by atoms with Gasteiger partial charge in [0.15, 0.2) is 0 Å². The molecule has 0 fully saturated rings. The van der Waals surface area contributed by atoms with E-state index in [4.69, 9.17) is 9.47 Å². The van der Waals surface area contributed by atoms with E-state index in [9.17, 15) is 14.4 Å². The van der Waals surface area contributed by atoms with Crippen molar-refractivity contribution in [2.45, 2.75) is 51.9 Å². The molecule has 0 bridgehead atoms. The molecule has 0 spiro atoms. The van der Waals surface area contributed by atoms with Gasteiger partial charge in [0.1, 0.15) is 12.6 Å². The van der Waals surface area contributed by atoms with Crippen molar-refractivity contribution in [2.24, 2.45) is 0 Å². The summed E-state index contributed by atoms with van der Waals surface area (Å²) in [7, 11) is 0. The number of carbonyl (C=O) groups excluding carboxylic acids is 3. The lowest BCUT2D eigenvalue weighted by atomic mass is 10.1. The van der Waals surface area contributed by atoms with Crippen molar-refractivity contribution < 1.29 is 23.9 Å². The summed E-state index contributed by atoms with van der Waals surface area (Å²) in [5.41, 5.74) is 0.915. The molecule has 8 nitrogen and oxygen atoms in total. The minimum atomic E-state index is -0.732. The highest BCUT2D eigenvalue weighted by atomic mass is 32.1. The molecule has 1 unspecified atom stereocenters. The second-order valence-corrected chi connectivity index (χ2v) is 10.3. The van der Waals surface area contributed by atoms with Crippen LogP contribution in [0.25, 0.3) is 0 Å². The number of amides is 3. The van der Waals surface area contributed by atoms with Gasteiger partial charge in [0.2, 0.25) is 5.91 Å². The lowest BCUT2D eigenvalue weighted by Gasteiger charge is -2.27. The van der Waals surface area contributed by atoms with Gasteiger partial charge in [-0.05, 0) is 54.6 Å². The molecular formula is C27H33N3O5S2. The molecule has 0 saturated carbocycles. The number of carbonyl (C=O) groups is 3. The van der Waals surface area contributed by atoms with Crippen molar-refractivity contribution in [3.63, 3.8) is 0 Å². The molecular weight excluding hydrogens is 510 g/mol. The largest absolute Gasteiger partial charge is 0.450 e. The molecule has 198 valence electrons. The maximum absolute atomic E-state index is 13.6. The minimum absolute atomic E-state index is 0.162. The third-order valence-corrected chi connectivity index (χ3v) is 7.15. The molecule has 3 aromatic rings. The molecule has 3 rings (SSSR count). The molecule has 1 aromatic carbocycles. The summed E-state index contributed by atoms with van der Waals surface area (Å²) in [6.07, 6.45) is 0.567. The van der Waals surface area contributed by atoms with Crippen LogP contribution in [0.5, 0.6) is 0 Å². The second kappa shape index (κ2) is 15.7. The predicted molar refractivity (Wildman–Crippen MR) is 145 cm³/mol. The fourth-order valence-electron chi connectivity index (χ4n) is 3.62. The first-order valence-electron chi connectivity index (χ1n) is 12.3. The van der Waals surface area contributed by atoms with Gasteiger partial charge in [0.05, 0.1) is 19.7 Å². The van der Waals surface area contributed by atoms with Gasteiger partial charge in [-0.2, -0.15) is 0 Å². The zero-order chi connectivity index (χ0) is 26.3. The van der Waals surface area contributed by atoms with E-state index in [0.29, 0.717) is 38.9 Å². The molecule has 0 radical (unpaired) electrons. The summed E-state index contributed by atoms with van der Waals surface area (Å²) < 4.78 is 10.3. The van der Waals surface area contributed by atoms with Gasteiger partial charge < -0.3 is 25.0 Å². The number of thiophene rings is 2. The van der Waals surface area contributed by atoms with E-state index in [0.717, 1.165) is 15.3 Å².